The molecule has 15 heavy (non-hydrogen) atoms. The van der Waals surface area contributed by atoms with Crippen LogP contribution in [0.2, 0.25) is 0 Å². The van der Waals surface area contributed by atoms with E-state index in [1.54, 1.807) is 6.20 Å². The Labute approximate surface area is 91.8 Å². The zero-order valence-electron chi connectivity index (χ0n) is 9.77. The molecule has 0 spiro atoms. The van der Waals surface area contributed by atoms with Crippen molar-refractivity contribution in [2.24, 2.45) is 5.92 Å². The summed E-state index contributed by atoms with van der Waals surface area (Å²) in [6, 6.07) is 1.86. The van der Waals surface area contributed by atoms with Gasteiger partial charge >= 0.3 is 0 Å². The fourth-order valence-corrected chi connectivity index (χ4v) is 1.59. The fourth-order valence-electron chi connectivity index (χ4n) is 1.59. The van der Waals surface area contributed by atoms with Crippen molar-refractivity contribution in [3.05, 3.63) is 24.0 Å². The molecule has 1 aromatic heterocycles. The molecule has 0 saturated heterocycles. The largest absolute Gasteiger partial charge is 0.392 e. The van der Waals surface area contributed by atoms with Crippen molar-refractivity contribution in [2.45, 2.75) is 26.9 Å². The number of aliphatic hydroxyl groups excluding tert-OH is 1. The van der Waals surface area contributed by atoms with Crippen LogP contribution in [0.3, 0.4) is 0 Å². The van der Waals surface area contributed by atoms with Crippen molar-refractivity contribution < 1.29 is 5.11 Å². The van der Waals surface area contributed by atoms with Crippen LogP contribution in [0, 0.1) is 5.92 Å². The number of pyridine rings is 1. The van der Waals surface area contributed by atoms with Crippen LogP contribution >= 0.6 is 0 Å². The van der Waals surface area contributed by atoms with E-state index in [9.17, 15) is 5.11 Å². The molecule has 3 heteroatoms. The van der Waals surface area contributed by atoms with Crippen molar-refractivity contribution in [1.82, 2.24) is 4.98 Å². The number of hydrogen-bond acceptors (Lipinski definition) is 3. The first-order valence-electron chi connectivity index (χ1n) is 5.43. The monoisotopic (exact) mass is 208 g/mol. The van der Waals surface area contributed by atoms with Crippen LogP contribution in [0.15, 0.2) is 18.5 Å². The minimum Gasteiger partial charge on any atom is -0.392 e. The molecule has 3 nitrogen and oxygen atoms in total. The standard InChI is InChI=1S/C12H20N2O/c1-4-10(2)8-14(3)12-7-13-6-5-11(12)9-15/h5-7,10,15H,4,8-9H2,1-3H3. The second-order valence-corrected chi connectivity index (χ2v) is 4.06. The van der Waals surface area contributed by atoms with Crippen LogP contribution in [0.25, 0.3) is 0 Å². The molecule has 0 aliphatic heterocycles. The maximum absolute atomic E-state index is 9.20. The molecule has 0 amide bonds. The highest BCUT2D eigenvalue weighted by Crippen LogP contribution is 2.19. The molecule has 0 aliphatic rings. The predicted octanol–water partition coefficient (Wildman–Crippen LogP) is 2.06. The van der Waals surface area contributed by atoms with Gasteiger partial charge in [-0.05, 0) is 12.0 Å². The van der Waals surface area contributed by atoms with Gasteiger partial charge in [-0.15, -0.1) is 0 Å². The Balaban J connectivity index is 2.76. The van der Waals surface area contributed by atoms with Crippen molar-refractivity contribution in [3.8, 4) is 0 Å². The molecule has 0 bridgehead atoms. The third-order valence-electron chi connectivity index (χ3n) is 2.75. The Morgan fingerprint density at radius 2 is 2.27 bits per heavy atom. The zero-order chi connectivity index (χ0) is 11.3. The number of aliphatic hydroxyl groups is 1. The van der Waals surface area contributed by atoms with Gasteiger partial charge in [-0.25, -0.2) is 0 Å². The van der Waals surface area contributed by atoms with Gasteiger partial charge in [-0.2, -0.15) is 0 Å². The molecule has 1 rings (SSSR count). The SMILES string of the molecule is CCC(C)CN(C)c1cnccc1CO. The van der Waals surface area contributed by atoms with Crippen LogP contribution in [0.4, 0.5) is 5.69 Å². The summed E-state index contributed by atoms with van der Waals surface area (Å²) in [5.41, 5.74) is 1.97. The van der Waals surface area contributed by atoms with Crippen molar-refractivity contribution in [2.75, 3.05) is 18.5 Å². The van der Waals surface area contributed by atoms with E-state index in [4.69, 9.17) is 0 Å². The summed E-state index contributed by atoms with van der Waals surface area (Å²) < 4.78 is 0. The number of anilines is 1. The molecule has 1 atom stereocenters. The quantitative estimate of drug-likeness (QED) is 0.804. The third kappa shape index (κ3) is 3.20. The summed E-state index contributed by atoms with van der Waals surface area (Å²) in [6.07, 6.45) is 4.69. The summed E-state index contributed by atoms with van der Waals surface area (Å²) >= 11 is 0. The predicted molar refractivity (Wildman–Crippen MR) is 62.9 cm³/mol. The van der Waals surface area contributed by atoms with Crippen molar-refractivity contribution in [3.63, 3.8) is 0 Å². The Morgan fingerprint density at radius 1 is 1.53 bits per heavy atom. The highest BCUT2D eigenvalue weighted by molar-refractivity contribution is 5.50. The lowest BCUT2D eigenvalue weighted by Gasteiger charge is -2.24. The number of rotatable bonds is 5. The molecule has 0 fully saturated rings. The molecule has 1 heterocycles. The maximum atomic E-state index is 9.20. The van der Waals surface area contributed by atoms with Gasteiger partial charge in [-0.1, -0.05) is 20.3 Å². The average molecular weight is 208 g/mol. The summed E-state index contributed by atoms with van der Waals surface area (Å²) in [4.78, 5) is 6.25. The lowest BCUT2D eigenvalue weighted by Crippen LogP contribution is -2.24. The van der Waals surface area contributed by atoms with E-state index in [-0.39, 0.29) is 6.61 Å². The maximum Gasteiger partial charge on any atom is 0.0703 e. The van der Waals surface area contributed by atoms with E-state index in [1.165, 1.54) is 6.42 Å². The average Bonchev–Trinajstić information content (AvgIpc) is 2.28. The topological polar surface area (TPSA) is 36.4 Å². The lowest BCUT2D eigenvalue weighted by molar-refractivity contribution is 0.282. The van der Waals surface area contributed by atoms with E-state index in [0.29, 0.717) is 5.92 Å². The number of hydrogen-bond donors (Lipinski definition) is 1. The van der Waals surface area contributed by atoms with Gasteiger partial charge in [-0.3, -0.25) is 4.98 Å². The zero-order valence-corrected chi connectivity index (χ0v) is 9.77. The second-order valence-electron chi connectivity index (χ2n) is 4.06. The van der Waals surface area contributed by atoms with Crippen LogP contribution < -0.4 is 4.90 Å². The smallest absolute Gasteiger partial charge is 0.0703 e. The molecule has 1 aromatic rings. The second kappa shape index (κ2) is 5.71. The van der Waals surface area contributed by atoms with Gasteiger partial charge in [0.25, 0.3) is 0 Å². The number of nitrogens with zero attached hydrogens (tertiary/aromatic N) is 2. The van der Waals surface area contributed by atoms with E-state index < -0.39 is 0 Å². The molecule has 1 unspecified atom stereocenters. The molecule has 0 saturated carbocycles. The van der Waals surface area contributed by atoms with Crippen LogP contribution in [0.1, 0.15) is 25.8 Å². The van der Waals surface area contributed by atoms with Crippen LogP contribution in [0.5, 0.6) is 0 Å². The summed E-state index contributed by atoms with van der Waals surface area (Å²) in [6.45, 7) is 5.48. The Hall–Kier alpha value is -1.09. The van der Waals surface area contributed by atoms with Gasteiger partial charge in [0.05, 0.1) is 18.5 Å². The van der Waals surface area contributed by atoms with Gasteiger partial charge in [0.15, 0.2) is 0 Å². The first-order valence-corrected chi connectivity index (χ1v) is 5.43. The summed E-state index contributed by atoms with van der Waals surface area (Å²) in [5, 5.41) is 9.20. The summed E-state index contributed by atoms with van der Waals surface area (Å²) in [5.74, 6) is 0.654. The highest BCUT2D eigenvalue weighted by atomic mass is 16.3. The third-order valence-corrected chi connectivity index (χ3v) is 2.75. The van der Waals surface area contributed by atoms with Gasteiger partial charge in [0, 0.05) is 25.4 Å². The van der Waals surface area contributed by atoms with Crippen LogP contribution in [-0.2, 0) is 6.61 Å². The van der Waals surface area contributed by atoms with E-state index in [2.05, 4.69) is 23.7 Å². The van der Waals surface area contributed by atoms with Gasteiger partial charge < -0.3 is 10.0 Å². The minimum absolute atomic E-state index is 0.0721. The molecular weight excluding hydrogens is 188 g/mol. The molecule has 1 N–H and O–H groups in total. The minimum atomic E-state index is 0.0721. The molecular formula is C12H20N2O. The van der Waals surface area contributed by atoms with Gasteiger partial charge in [0.2, 0.25) is 0 Å². The summed E-state index contributed by atoms with van der Waals surface area (Å²) in [7, 11) is 2.04. The Kier molecular flexibility index (Phi) is 4.56. The normalized spacial score (nSPS) is 12.5. The Morgan fingerprint density at radius 3 is 2.87 bits per heavy atom. The molecule has 84 valence electrons. The van der Waals surface area contributed by atoms with E-state index in [1.807, 2.05) is 19.3 Å². The van der Waals surface area contributed by atoms with E-state index >= 15 is 0 Å². The molecule has 0 aliphatic carbocycles. The Bertz CT molecular complexity index is 301. The molecule has 0 aromatic carbocycles. The lowest BCUT2D eigenvalue weighted by atomic mass is 10.1. The first-order chi connectivity index (χ1) is 7.19. The molecule has 0 radical (unpaired) electrons. The first kappa shape index (κ1) is 12.0. The van der Waals surface area contributed by atoms with Crippen LogP contribution in [-0.4, -0.2) is 23.7 Å². The highest BCUT2D eigenvalue weighted by Gasteiger charge is 2.09. The van der Waals surface area contributed by atoms with Gasteiger partial charge in [0.1, 0.15) is 0 Å². The van der Waals surface area contributed by atoms with Crippen molar-refractivity contribution in [1.29, 1.82) is 0 Å². The number of aromatic nitrogens is 1. The van der Waals surface area contributed by atoms with E-state index in [0.717, 1.165) is 17.8 Å². The van der Waals surface area contributed by atoms with Crippen molar-refractivity contribution >= 4 is 5.69 Å². The fraction of sp³-hybridized carbons (Fsp3) is 0.583.